The van der Waals surface area contributed by atoms with E-state index in [2.05, 4.69) is 4.98 Å². The van der Waals surface area contributed by atoms with Gasteiger partial charge in [-0.05, 0) is 19.4 Å². The van der Waals surface area contributed by atoms with Gasteiger partial charge in [-0.15, -0.1) is 0 Å². The van der Waals surface area contributed by atoms with E-state index < -0.39 is 5.97 Å². The molecule has 0 saturated carbocycles. The molecule has 138 valence electrons. The van der Waals surface area contributed by atoms with Gasteiger partial charge in [0, 0.05) is 18.8 Å². The predicted octanol–water partition coefficient (Wildman–Crippen LogP) is -1.03. The van der Waals surface area contributed by atoms with Gasteiger partial charge in [-0.3, -0.25) is 9.59 Å². The van der Waals surface area contributed by atoms with E-state index in [0.29, 0.717) is 48.8 Å². The van der Waals surface area contributed by atoms with Gasteiger partial charge in [0.05, 0.1) is 38.6 Å². The number of aromatic amines is 1. The molecular weight excluding hydrogens is 326 g/mol. The van der Waals surface area contributed by atoms with Crippen LogP contribution >= 0.6 is 0 Å². The molecule has 8 nitrogen and oxygen atoms in total. The number of likely N-dealkylation sites (N-methyl/N-ethyl adjacent to an activating group) is 1. The number of ether oxygens (including phenoxy) is 2. The van der Waals surface area contributed by atoms with Crippen LogP contribution in [0, 0.1) is 13.8 Å². The van der Waals surface area contributed by atoms with E-state index in [9.17, 15) is 14.4 Å². The van der Waals surface area contributed by atoms with Gasteiger partial charge in [-0.25, -0.2) is 4.79 Å². The number of esters is 1. The van der Waals surface area contributed by atoms with Crippen LogP contribution in [0.25, 0.3) is 0 Å². The summed E-state index contributed by atoms with van der Waals surface area (Å²) >= 11 is 0. The molecule has 1 fully saturated rings. The van der Waals surface area contributed by atoms with Gasteiger partial charge >= 0.3 is 5.97 Å². The van der Waals surface area contributed by atoms with Gasteiger partial charge in [0.2, 0.25) is 5.78 Å². The van der Waals surface area contributed by atoms with Crippen LogP contribution in [0.1, 0.15) is 32.1 Å². The van der Waals surface area contributed by atoms with E-state index in [4.69, 9.17) is 9.47 Å². The number of rotatable bonds is 6. The maximum atomic E-state index is 12.6. The molecule has 1 atom stereocenters. The lowest BCUT2D eigenvalue weighted by Crippen LogP contribution is -3.11. The fourth-order valence-corrected chi connectivity index (χ4v) is 3.04. The highest BCUT2D eigenvalue weighted by Gasteiger charge is 2.26. The van der Waals surface area contributed by atoms with Crippen LogP contribution < -0.4 is 4.90 Å². The van der Waals surface area contributed by atoms with Gasteiger partial charge in [-0.2, -0.15) is 0 Å². The van der Waals surface area contributed by atoms with E-state index in [1.54, 1.807) is 18.7 Å². The summed E-state index contributed by atoms with van der Waals surface area (Å²) < 4.78 is 9.99. The molecule has 1 aliphatic rings. The minimum Gasteiger partial charge on any atom is -0.465 e. The molecule has 2 rings (SSSR count). The molecule has 2 N–H and O–H groups in total. The number of quaternary nitrogens is 1. The van der Waals surface area contributed by atoms with Crippen LogP contribution in [0.15, 0.2) is 0 Å². The largest absolute Gasteiger partial charge is 0.465 e. The Kier molecular flexibility index (Phi) is 6.33. The molecule has 1 unspecified atom stereocenters. The van der Waals surface area contributed by atoms with Crippen LogP contribution in [0.4, 0.5) is 0 Å². The summed E-state index contributed by atoms with van der Waals surface area (Å²) in [5.74, 6) is -0.584. The molecule has 8 heteroatoms. The minimum atomic E-state index is -0.464. The lowest BCUT2D eigenvalue weighted by molar-refractivity contribution is -0.862. The highest BCUT2D eigenvalue weighted by molar-refractivity contribution is 6.02. The Morgan fingerprint density at radius 1 is 1.20 bits per heavy atom. The van der Waals surface area contributed by atoms with Crippen molar-refractivity contribution in [3.05, 3.63) is 22.5 Å². The number of carbonyl (C=O) groups excluding carboxylic acids is 3. The number of nitrogens with one attached hydrogen (secondary N) is 2. The molecule has 1 aromatic rings. The number of aromatic nitrogens is 1. The summed E-state index contributed by atoms with van der Waals surface area (Å²) in [4.78, 5) is 42.2. The molecule has 1 saturated heterocycles. The molecule has 0 radical (unpaired) electrons. The summed E-state index contributed by atoms with van der Waals surface area (Å²) in [7, 11) is 3.12. The van der Waals surface area contributed by atoms with Gasteiger partial charge in [0.25, 0.3) is 5.91 Å². The van der Waals surface area contributed by atoms with E-state index in [1.807, 2.05) is 7.05 Å². The lowest BCUT2D eigenvalue weighted by Gasteiger charge is -2.27. The second-order valence-corrected chi connectivity index (χ2v) is 6.34. The quantitative estimate of drug-likeness (QED) is 0.505. The van der Waals surface area contributed by atoms with Gasteiger partial charge in [0.15, 0.2) is 6.54 Å². The Bertz CT molecular complexity index is 661. The normalized spacial score (nSPS) is 15.8. The smallest absolute Gasteiger partial charge is 0.339 e. The van der Waals surface area contributed by atoms with Crippen LogP contribution in [0.2, 0.25) is 0 Å². The number of amides is 1. The first-order chi connectivity index (χ1) is 11.8. The van der Waals surface area contributed by atoms with E-state index >= 15 is 0 Å². The molecule has 25 heavy (non-hydrogen) atoms. The average molecular weight is 352 g/mol. The maximum absolute atomic E-state index is 12.6. The SMILES string of the molecule is COC(=O)c1c(C)[nH]c(C(=O)C[NH+](C)CC(=O)N2CCOCC2)c1C. The molecule has 0 aromatic carbocycles. The zero-order valence-electron chi connectivity index (χ0n) is 15.2. The number of morpholine rings is 1. The highest BCUT2D eigenvalue weighted by Crippen LogP contribution is 2.18. The van der Waals surface area contributed by atoms with Crippen molar-refractivity contribution in [2.75, 3.05) is 53.6 Å². The number of ketones is 1. The van der Waals surface area contributed by atoms with Crippen LogP contribution in [-0.2, 0) is 14.3 Å². The van der Waals surface area contributed by atoms with Crippen LogP contribution in [-0.4, -0.2) is 81.1 Å². The number of aryl methyl sites for hydroxylation is 1. The standard InChI is InChI=1S/C17H25N3O5/c1-11-15(17(23)24-4)12(2)18-16(11)13(21)9-19(3)10-14(22)20-5-7-25-8-6-20/h18H,5-10H2,1-4H3/p+1. The molecule has 1 aliphatic heterocycles. The Morgan fingerprint density at radius 2 is 1.84 bits per heavy atom. The van der Waals surface area contributed by atoms with Crippen LogP contribution in [0.5, 0.6) is 0 Å². The molecule has 0 spiro atoms. The zero-order chi connectivity index (χ0) is 18.6. The molecule has 1 amide bonds. The average Bonchev–Trinajstić information content (AvgIpc) is 2.89. The van der Waals surface area contributed by atoms with Crippen molar-refractivity contribution >= 4 is 17.7 Å². The minimum absolute atomic E-state index is 0.0169. The van der Waals surface area contributed by atoms with E-state index in [0.717, 1.165) is 4.90 Å². The van der Waals surface area contributed by atoms with Crippen molar-refractivity contribution in [2.45, 2.75) is 13.8 Å². The molecular formula is C17H26N3O5+. The van der Waals surface area contributed by atoms with Gasteiger partial charge in [-0.1, -0.05) is 0 Å². The van der Waals surface area contributed by atoms with Crippen molar-refractivity contribution in [1.29, 1.82) is 0 Å². The summed E-state index contributed by atoms with van der Waals surface area (Å²) in [6.07, 6.45) is 0. The summed E-state index contributed by atoms with van der Waals surface area (Å²) in [6, 6.07) is 0. The number of H-pyrrole nitrogens is 1. The molecule has 0 aliphatic carbocycles. The van der Waals surface area contributed by atoms with E-state index in [-0.39, 0.29) is 24.8 Å². The van der Waals surface area contributed by atoms with Crippen molar-refractivity contribution in [2.24, 2.45) is 0 Å². The summed E-state index contributed by atoms with van der Waals surface area (Å²) in [5, 5.41) is 0. The molecule has 2 heterocycles. The van der Waals surface area contributed by atoms with Crippen LogP contribution in [0.3, 0.4) is 0 Å². The summed E-state index contributed by atoms with van der Waals surface area (Å²) in [6.45, 7) is 6.16. The fourth-order valence-electron chi connectivity index (χ4n) is 3.04. The number of hydrogen-bond acceptors (Lipinski definition) is 5. The monoisotopic (exact) mass is 352 g/mol. The third kappa shape index (κ3) is 4.46. The number of carbonyl (C=O) groups is 3. The Hall–Kier alpha value is -2.19. The molecule has 1 aromatic heterocycles. The third-order valence-corrected chi connectivity index (χ3v) is 4.38. The second kappa shape index (κ2) is 8.26. The lowest BCUT2D eigenvalue weighted by atomic mass is 10.1. The van der Waals surface area contributed by atoms with Gasteiger partial charge in [0.1, 0.15) is 6.54 Å². The Balaban J connectivity index is 1.99. The molecule has 0 bridgehead atoms. The zero-order valence-corrected chi connectivity index (χ0v) is 15.2. The first kappa shape index (κ1) is 19.1. The Labute approximate surface area is 147 Å². The first-order valence-corrected chi connectivity index (χ1v) is 8.32. The Morgan fingerprint density at radius 3 is 2.44 bits per heavy atom. The fraction of sp³-hybridized carbons (Fsp3) is 0.588. The van der Waals surface area contributed by atoms with Crippen molar-refractivity contribution in [3.63, 3.8) is 0 Å². The van der Waals surface area contributed by atoms with Crippen molar-refractivity contribution in [3.8, 4) is 0 Å². The number of Topliss-reactive ketones (excluding diaryl/α,β-unsaturated/α-hetero) is 1. The topological polar surface area (TPSA) is 93.1 Å². The first-order valence-electron chi connectivity index (χ1n) is 8.32. The van der Waals surface area contributed by atoms with Gasteiger partial charge < -0.3 is 24.3 Å². The third-order valence-electron chi connectivity index (χ3n) is 4.38. The number of nitrogens with zero attached hydrogens (tertiary/aromatic N) is 1. The van der Waals surface area contributed by atoms with Crippen molar-refractivity contribution in [1.82, 2.24) is 9.88 Å². The van der Waals surface area contributed by atoms with Crippen molar-refractivity contribution < 1.29 is 28.8 Å². The number of methoxy groups -OCH3 is 1. The predicted molar refractivity (Wildman–Crippen MR) is 90.0 cm³/mol. The number of hydrogen-bond donors (Lipinski definition) is 2. The summed E-state index contributed by atoms with van der Waals surface area (Å²) in [5.41, 5.74) is 1.99. The highest BCUT2D eigenvalue weighted by atomic mass is 16.5. The van der Waals surface area contributed by atoms with E-state index in [1.165, 1.54) is 7.11 Å². The maximum Gasteiger partial charge on any atom is 0.339 e. The second-order valence-electron chi connectivity index (χ2n) is 6.34.